The van der Waals surface area contributed by atoms with Crippen LogP contribution in [-0.2, 0) is 0 Å². The third kappa shape index (κ3) is 6.26. The fourth-order valence-electron chi connectivity index (χ4n) is 0.569. The van der Waals surface area contributed by atoms with Crippen molar-refractivity contribution in [2.45, 2.75) is 26.8 Å². The van der Waals surface area contributed by atoms with Crippen molar-refractivity contribution in [3.8, 4) is 0 Å². The first-order valence-electron chi connectivity index (χ1n) is 3.99. The number of hydrogen-bond donors (Lipinski definition) is 2. The van der Waals surface area contributed by atoms with Crippen LogP contribution in [0.1, 0.15) is 20.8 Å². The molecule has 0 bridgehead atoms. The number of allylic oxidation sites excluding steroid dienone is 2. The Kier molecular flexibility index (Phi) is 5.51. The van der Waals surface area contributed by atoms with Gasteiger partial charge in [0.1, 0.15) is 0 Å². The fraction of sp³-hybridized carbons (Fsp3) is 0.500. The molecule has 0 aromatic carbocycles. The van der Waals surface area contributed by atoms with E-state index in [1.165, 1.54) is 6.20 Å². The Hall–Kier alpha value is -0.230. The zero-order valence-corrected chi connectivity index (χ0v) is 9.93. The van der Waals surface area contributed by atoms with E-state index in [0.717, 1.165) is 13.0 Å². The lowest BCUT2D eigenvalue weighted by atomic mass is 10.4. The molecule has 0 unspecified atom stereocenters. The Balaban J connectivity index is 4.43. The minimum absolute atomic E-state index is 0.184. The number of halogens is 3. The van der Waals surface area contributed by atoms with Gasteiger partial charge in [0.2, 0.25) is 11.2 Å². The molecule has 0 aliphatic rings. The van der Waals surface area contributed by atoms with Gasteiger partial charge in [0.05, 0.1) is 4.91 Å². The Morgan fingerprint density at radius 1 is 1.36 bits per heavy atom. The smallest absolute Gasteiger partial charge is 0.233 e. The third-order valence-electron chi connectivity index (χ3n) is 1.28. The van der Waals surface area contributed by atoms with Gasteiger partial charge in [0.25, 0.3) is 0 Å². The van der Waals surface area contributed by atoms with Crippen LogP contribution < -0.4 is 5.32 Å². The zero-order valence-electron chi connectivity index (χ0n) is 8.22. The second-order valence-electron chi connectivity index (χ2n) is 3.05. The first-order valence-corrected chi connectivity index (χ1v) is 5.77. The van der Waals surface area contributed by atoms with E-state index in [-0.39, 0.29) is 10.9 Å². The summed E-state index contributed by atoms with van der Waals surface area (Å²) in [7, 11) is 0. The molecule has 0 aliphatic heterocycles. The molecule has 0 amide bonds. The van der Waals surface area contributed by atoms with Crippen LogP contribution in [0.3, 0.4) is 0 Å². The highest BCUT2D eigenvalue weighted by atomic mass is 32.3. The van der Waals surface area contributed by atoms with E-state index in [4.69, 9.17) is 0 Å². The van der Waals surface area contributed by atoms with Crippen LogP contribution in [0.25, 0.3) is 0 Å². The SMILES string of the molecule is C/C(=C\C(S)=C/NC(C)C)S(F)(F)F. The van der Waals surface area contributed by atoms with Gasteiger partial charge in [0.15, 0.2) is 0 Å². The Morgan fingerprint density at radius 2 is 1.86 bits per heavy atom. The monoisotopic (exact) mass is 245 g/mol. The van der Waals surface area contributed by atoms with Gasteiger partial charge in [-0.05, 0) is 26.8 Å². The van der Waals surface area contributed by atoms with Crippen molar-refractivity contribution in [2.75, 3.05) is 0 Å². The molecule has 1 nitrogen and oxygen atoms in total. The van der Waals surface area contributed by atoms with Crippen LogP contribution in [-0.4, -0.2) is 6.04 Å². The summed E-state index contributed by atoms with van der Waals surface area (Å²) in [4.78, 5) is -0.301. The number of thiol groups is 1. The molecule has 0 atom stereocenters. The Labute approximate surface area is 90.1 Å². The van der Waals surface area contributed by atoms with Gasteiger partial charge < -0.3 is 5.32 Å². The van der Waals surface area contributed by atoms with Gasteiger partial charge in [-0.25, -0.2) is 0 Å². The summed E-state index contributed by atoms with van der Waals surface area (Å²) in [6, 6.07) is 0.184. The molecule has 0 radical (unpaired) electrons. The van der Waals surface area contributed by atoms with Crippen molar-refractivity contribution in [1.82, 2.24) is 5.32 Å². The zero-order chi connectivity index (χ0) is 11.4. The lowest BCUT2D eigenvalue weighted by Gasteiger charge is -2.10. The van der Waals surface area contributed by atoms with Gasteiger partial charge in [0, 0.05) is 17.1 Å². The first-order chi connectivity index (χ1) is 6.23. The van der Waals surface area contributed by atoms with Gasteiger partial charge in [-0.15, -0.1) is 24.3 Å². The summed E-state index contributed by atoms with van der Waals surface area (Å²) in [5, 5.41) is 2.86. The van der Waals surface area contributed by atoms with Crippen molar-refractivity contribution in [3.05, 3.63) is 22.1 Å². The van der Waals surface area contributed by atoms with Crippen molar-refractivity contribution in [1.29, 1.82) is 0 Å². The molecular weight excluding hydrogens is 231 g/mol. The number of rotatable bonds is 4. The molecule has 0 aliphatic carbocycles. The highest BCUT2D eigenvalue weighted by molar-refractivity contribution is 8.24. The lowest BCUT2D eigenvalue weighted by molar-refractivity contribution is 0.647. The van der Waals surface area contributed by atoms with Gasteiger partial charge in [-0.2, -0.15) is 0 Å². The van der Waals surface area contributed by atoms with Crippen molar-refractivity contribution >= 4 is 23.8 Å². The summed E-state index contributed by atoms with van der Waals surface area (Å²) >= 11 is -1.18. The molecule has 0 spiro atoms. The van der Waals surface area contributed by atoms with Crippen LogP contribution in [0, 0.1) is 0 Å². The maximum Gasteiger partial charge on any atom is 0.233 e. The van der Waals surface area contributed by atoms with Crippen LogP contribution in [0.5, 0.6) is 0 Å². The third-order valence-corrected chi connectivity index (χ3v) is 2.39. The Morgan fingerprint density at radius 3 is 2.21 bits per heavy atom. The van der Waals surface area contributed by atoms with E-state index in [0.29, 0.717) is 0 Å². The first kappa shape index (κ1) is 13.8. The highest BCUT2D eigenvalue weighted by Crippen LogP contribution is 2.60. The second kappa shape index (κ2) is 5.60. The molecule has 84 valence electrons. The average molecular weight is 245 g/mol. The van der Waals surface area contributed by atoms with Crippen LogP contribution in [0.2, 0.25) is 0 Å². The van der Waals surface area contributed by atoms with E-state index in [9.17, 15) is 11.7 Å². The highest BCUT2D eigenvalue weighted by Gasteiger charge is 2.23. The molecular formula is C8H14F3NS2. The molecule has 0 heterocycles. The average Bonchev–Trinajstić information content (AvgIpc) is 1.99. The van der Waals surface area contributed by atoms with Crippen molar-refractivity contribution < 1.29 is 11.7 Å². The molecule has 0 aromatic rings. The van der Waals surface area contributed by atoms with E-state index in [2.05, 4.69) is 17.9 Å². The molecule has 0 saturated heterocycles. The maximum atomic E-state index is 12.1. The van der Waals surface area contributed by atoms with Crippen LogP contribution in [0.4, 0.5) is 11.7 Å². The minimum atomic E-state index is -5.09. The van der Waals surface area contributed by atoms with E-state index in [1.807, 2.05) is 13.8 Å². The molecule has 0 aromatic heterocycles. The molecule has 14 heavy (non-hydrogen) atoms. The standard InChI is InChI=1S/C8H14F3NS2/c1-6(2)12-5-8(13)4-7(3)14(9,10)11/h4-6,12-13H,1-3H3/b7-4+,8-5+. The van der Waals surface area contributed by atoms with Gasteiger partial charge in [-0.3, -0.25) is 0 Å². The number of nitrogens with one attached hydrogen (secondary N) is 1. The summed E-state index contributed by atoms with van der Waals surface area (Å²) < 4.78 is 36.4. The molecule has 1 N–H and O–H groups in total. The van der Waals surface area contributed by atoms with Gasteiger partial charge >= 0.3 is 0 Å². The van der Waals surface area contributed by atoms with E-state index >= 15 is 0 Å². The summed E-state index contributed by atoms with van der Waals surface area (Å²) in [6.07, 6.45) is 2.48. The Bertz CT molecular complexity index is 243. The van der Waals surface area contributed by atoms with Crippen molar-refractivity contribution in [3.63, 3.8) is 0 Å². The topological polar surface area (TPSA) is 12.0 Å². The predicted octanol–water partition coefficient (Wildman–Crippen LogP) is 4.12. The summed E-state index contributed by atoms with van der Waals surface area (Å²) in [5.41, 5.74) is 0. The van der Waals surface area contributed by atoms with Crippen molar-refractivity contribution in [2.24, 2.45) is 0 Å². The molecule has 6 heteroatoms. The van der Waals surface area contributed by atoms with Crippen LogP contribution >= 0.6 is 23.8 Å². The second-order valence-corrected chi connectivity index (χ2v) is 5.03. The quantitative estimate of drug-likeness (QED) is 0.561. The van der Waals surface area contributed by atoms with Gasteiger partial charge in [-0.1, -0.05) is 0 Å². The van der Waals surface area contributed by atoms with E-state index < -0.39 is 16.1 Å². The fourth-order valence-corrected chi connectivity index (χ4v) is 1.18. The van der Waals surface area contributed by atoms with E-state index in [1.54, 1.807) is 0 Å². The number of hydrogen-bond acceptors (Lipinski definition) is 2. The molecule has 0 saturated carbocycles. The molecule has 0 rings (SSSR count). The normalized spacial score (nSPS) is 16.0. The van der Waals surface area contributed by atoms with Crippen LogP contribution in [0.15, 0.2) is 22.1 Å². The predicted molar refractivity (Wildman–Crippen MR) is 60.0 cm³/mol. The summed E-state index contributed by atoms with van der Waals surface area (Å²) in [6.45, 7) is 4.83. The summed E-state index contributed by atoms with van der Waals surface area (Å²) in [5.74, 6) is 0. The lowest BCUT2D eigenvalue weighted by Crippen LogP contribution is -2.15. The molecule has 0 fully saturated rings. The minimum Gasteiger partial charge on any atom is -0.388 e. The largest absolute Gasteiger partial charge is 0.388 e. The maximum absolute atomic E-state index is 12.1.